The number of thiazole rings is 1. The summed E-state index contributed by atoms with van der Waals surface area (Å²) < 4.78 is 39.8. The second kappa shape index (κ2) is 9.24. The zero-order valence-corrected chi connectivity index (χ0v) is 17.8. The van der Waals surface area contributed by atoms with Crippen molar-refractivity contribution in [1.82, 2.24) is 15.6 Å². The number of nitrogens with one attached hydrogen (secondary N) is 2. The van der Waals surface area contributed by atoms with Crippen LogP contribution in [0, 0.1) is 5.82 Å². The predicted molar refractivity (Wildman–Crippen MR) is 109 cm³/mol. The highest BCUT2D eigenvalue weighted by atomic mass is 32.2. The van der Waals surface area contributed by atoms with E-state index in [0.29, 0.717) is 0 Å². The third-order valence-corrected chi connectivity index (χ3v) is 7.74. The topological polar surface area (TPSA) is 163 Å². The molecule has 2 aromatic rings. The van der Waals surface area contributed by atoms with Crippen LogP contribution in [0.25, 0.3) is 10.2 Å². The lowest BCUT2D eigenvalue weighted by molar-refractivity contribution is -0.126. The van der Waals surface area contributed by atoms with Crippen molar-refractivity contribution in [2.24, 2.45) is 0 Å². The summed E-state index contributed by atoms with van der Waals surface area (Å²) in [5.41, 5.74) is -0.606. The molecule has 0 radical (unpaired) electrons. The highest BCUT2D eigenvalue weighted by Gasteiger charge is 2.37. The summed E-state index contributed by atoms with van der Waals surface area (Å²) in [5.74, 6) is -4.49. The molecule has 1 aliphatic rings. The molecule has 2 amide bonds. The molecule has 1 aliphatic carbocycles. The maximum absolute atomic E-state index is 14.0. The molecule has 0 bridgehead atoms. The zero-order valence-electron chi connectivity index (χ0n) is 16.1. The largest absolute Gasteiger partial charge is 0.478 e. The number of sulfone groups is 1. The van der Waals surface area contributed by atoms with E-state index in [-0.39, 0.29) is 27.7 Å². The van der Waals surface area contributed by atoms with Crippen LogP contribution < -0.4 is 10.6 Å². The molecule has 3 rings (SSSR count). The monoisotopic (exact) mass is 473 g/mol. The standard InChI is InChI=1S/C18H20FN3O7S2/c19-11-7-13-12(6-10(11)18(26)27)22-17(30-13)15(31(28,29)5-1-4-23)16(25)20-8-14(24)21-9-2-3-9/h6-7,9,15,23H,1-5,8H2,(H,20,25)(H,21,24)(H,26,27). The van der Waals surface area contributed by atoms with Crippen molar-refractivity contribution in [1.29, 1.82) is 0 Å². The Bertz CT molecular complexity index is 1130. The number of benzene rings is 1. The average Bonchev–Trinajstić information content (AvgIpc) is 3.41. The van der Waals surface area contributed by atoms with Crippen LogP contribution in [0.2, 0.25) is 0 Å². The quantitative estimate of drug-likeness (QED) is 0.384. The summed E-state index contributed by atoms with van der Waals surface area (Å²) in [5, 5.41) is 21.0. The molecule has 10 nitrogen and oxygen atoms in total. The fraction of sp³-hybridized carbons (Fsp3) is 0.444. The van der Waals surface area contributed by atoms with Crippen molar-refractivity contribution in [3.8, 4) is 0 Å². The first-order valence-corrected chi connectivity index (χ1v) is 11.9. The number of aromatic carboxylic acids is 1. The van der Waals surface area contributed by atoms with E-state index in [2.05, 4.69) is 15.6 Å². The lowest BCUT2D eigenvalue weighted by atomic mass is 10.2. The first kappa shape index (κ1) is 23.0. The van der Waals surface area contributed by atoms with Crippen LogP contribution in [-0.2, 0) is 19.4 Å². The Balaban J connectivity index is 1.92. The Morgan fingerprint density at radius 3 is 2.61 bits per heavy atom. The van der Waals surface area contributed by atoms with Gasteiger partial charge in [-0.3, -0.25) is 9.59 Å². The highest BCUT2D eigenvalue weighted by molar-refractivity contribution is 7.92. The number of aliphatic hydroxyl groups is 1. The normalized spacial score (nSPS) is 14.9. The molecule has 1 heterocycles. The van der Waals surface area contributed by atoms with Crippen molar-refractivity contribution in [2.75, 3.05) is 18.9 Å². The van der Waals surface area contributed by atoms with Crippen LogP contribution in [-0.4, -0.2) is 66.3 Å². The maximum Gasteiger partial charge on any atom is 0.338 e. The lowest BCUT2D eigenvalue weighted by Gasteiger charge is -2.15. The zero-order chi connectivity index (χ0) is 22.8. The average molecular weight is 474 g/mol. The summed E-state index contributed by atoms with van der Waals surface area (Å²) in [6.45, 7) is -0.839. The Hall–Kier alpha value is -2.64. The minimum atomic E-state index is -4.15. The van der Waals surface area contributed by atoms with Gasteiger partial charge in [0.25, 0.3) is 0 Å². The minimum absolute atomic E-state index is 0.0282. The van der Waals surface area contributed by atoms with E-state index in [9.17, 15) is 27.2 Å². The third kappa shape index (κ3) is 5.54. The summed E-state index contributed by atoms with van der Waals surface area (Å²) >= 11 is 0.736. The minimum Gasteiger partial charge on any atom is -0.478 e. The second-order valence-corrected chi connectivity index (χ2v) is 10.3. The van der Waals surface area contributed by atoms with E-state index >= 15 is 0 Å². The Kier molecular flexibility index (Phi) is 6.86. The summed E-state index contributed by atoms with van der Waals surface area (Å²) in [7, 11) is -4.15. The molecule has 1 atom stereocenters. The van der Waals surface area contributed by atoms with Gasteiger partial charge in [0.05, 0.1) is 28.1 Å². The fourth-order valence-electron chi connectivity index (χ4n) is 2.82. The first-order valence-electron chi connectivity index (χ1n) is 9.35. The predicted octanol–water partition coefficient (Wildman–Crippen LogP) is 0.367. The number of nitrogens with zero attached hydrogens (tertiary/aromatic N) is 1. The van der Waals surface area contributed by atoms with Crippen LogP contribution >= 0.6 is 11.3 Å². The van der Waals surface area contributed by atoms with Gasteiger partial charge in [0.2, 0.25) is 11.8 Å². The van der Waals surface area contributed by atoms with Gasteiger partial charge in [-0.1, -0.05) is 0 Å². The van der Waals surface area contributed by atoms with Crippen LogP contribution in [0.3, 0.4) is 0 Å². The number of amides is 2. The van der Waals surface area contributed by atoms with E-state index in [1.807, 2.05) is 0 Å². The number of halogens is 1. The summed E-state index contributed by atoms with van der Waals surface area (Å²) in [6, 6.07) is 1.94. The maximum atomic E-state index is 14.0. The third-order valence-electron chi connectivity index (χ3n) is 4.50. The van der Waals surface area contributed by atoms with Gasteiger partial charge in [-0.25, -0.2) is 22.6 Å². The van der Waals surface area contributed by atoms with Gasteiger partial charge in [0, 0.05) is 12.6 Å². The fourth-order valence-corrected chi connectivity index (χ4v) is 5.90. The SMILES string of the molecule is O=C(CNC(=O)C(c1nc2cc(C(=O)O)c(F)cc2s1)S(=O)(=O)CCCO)NC1CC1. The number of carboxylic acids is 1. The molecule has 13 heteroatoms. The molecule has 1 fully saturated rings. The molecule has 1 unspecified atom stereocenters. The Morgan fingerprint density at radius 2 is 2.00 bits per heavy atom. The van der Waals surface area contributed by atoms with Gasteiger partial charge in [-0.05, 0) is 31.4 Å². The van der Waals surface area contributed by atoms with Gasteiger partial charge >= 0.3 is 5.97 Å². The molecule has 1 saturated carbocycles. The van der Waals surface area contributed by atoms with Crippen molar-refractivity contribution < 1.29 is 37.4 Å². The number of aliphatic hydroxyl groups excluding tert-OH is 1. The van der Waals surface area contributed by atoms with Gasteiger partial charge < -0.3 is 20.8 Å². The Morgan fingerprint density at radius 1 is 1.29 bits per heavy atom. The van der Waals surface area contributed by atoms with E-state index in [4.69, 9.17) is 10.2 Å². The van der Waals surface area contributed by atoms with Crippen molar-refractivity contribution in [3.05, 3.63) is 28.5 Å². The van der Waals surface area contributed by atoms with E-state index in [0.717, 1.165) is 36.3 Å². The van der Waals surface area contributed by atoms with E-state index < -0.39 is 63.2 Å². The molecular formula is C18H20FN3O7S2. The number of carbonyl (C=O) groups is 3. The summed E-state index contributed by atoms with van der Waals surface area (Å²) in [4.78, 5) is 39.8. The molecular weight excluding hydrogens is 453 g/mol. The van der Waals surface area contributed by atoms with Crippen molar-refractivity contribution in [3.63, 3.8) is 0 Å². The van der Waals surface area contributed by atoms with Gasteiger partial charge in [0.15, 0.2) is 15.1 Å². The number of hydrogen-bond donors (Lipinski definition) is 4. The van der Waals surface area contributed by atoms with Gasteiger partial charge in [-0.2, -0.15) is 0 Å². The van der Waals surface area contributed by atoms with Crippen LogP contribution in [0.15, 0.2) is 12.1 Å². The van der Waals surface area contributed by atoms with E-state index in [1.54, 1.807) is 0 Å². The van der Waals surface area contributed by atoms with Crippen molar-refractivity contribution in [2.45, 2.75) is 30.6 Å². The second-order valence-electron chi connectivity index (χ2n) is 7.04. The number of rotatable bonds is 10. The lowest BCUT2D eigenvalue weighted by Crippen LogP contribution is -2.41. The number of fused-ring (bicyclic) bond motifs is 1. The number of carbonyl (C=O) groups excluding carboxylic acids is 2. The van der Waals surface area contributed by atoms with Crippen LogP contribution in [0.5, 0.6) is 0 Å². The highest BCUT2D eigenvalue weighted by Crippen LogP contribution is 2.33. The van der Waals surface area contributed by atoms with E-state index in [1.165, 1.54) is 0 Å². The molecule has 31 heavy (non-hydrogen) atoms. The molecule has 1 aromatic heterocycles. The number of hydrogen-bond acceptors (Lipinski definition) is 8. The smallest absolute Gasteiger partial charge is 0.338 e. The molecule has 0 spiro atoms. The first-order chi connectivity index (χ1) is 14.6. The van der Waals surface area contributed by atoms with Crippen molar-refractivity contribution >= 4 is 49.2 Å². The molecule has 0 saturated heterocycles. The van der Waals surface area contributed by atoms with Gasteiger partial charge in [-0.15, -0.1) is 11.3 Å². The number of aromatic nitrogens is 1. The van der Waals surface area contributed by atoms with Crippen LogP contribution in [0.1, 0.15) is 39.9 Å². The molecule has 1 aromatic carbocycles. The molecule has 4 N–H and O–H groups in total. The summed E-state index contributed by atoms with van der Waals surface area (Å²) in [6.07, 6.45) is 1.58. The number of carboxylic acid groups (broad SMARTS) is 1. The Labute approximate surface area is 180 Å². The molecule has 0 aliphatic heterocycles. The molecule has 168 valence electrons. The van der Waals surface area contributed by atoms with Crippen LogP contribution in [0.4, 0.5) is 4.39 Å². The van der Waals surface area contributed by atoms with Gasteiger partial charge in [0.1, 0.15) is 10.8 Å².